The standard InChI is InChI=1S/C22H23FN2O3S/c1-15(2)21(22(26)24-14-16-7-10-19(23)11-8-16)25-29(27,28)20-12-9-17-5-3-4-6-18(17)13-20/h3-13,15,21,25H,14H2,1-2H3,(H,24,26). The van der Waals surface area contributed by atoms with Crippen molar-refractivity contribution in [3.8, 4) is 0 Å². The van der Waals surface area contributed by atoms with Crippen LogP contribution in [-0.4, -0.2) is 20.4 Å². The predicted molar refractivity (Wildman–Crippen MR) is 111 cm³/mol. The Morgan fingerprint density at radius 3 is 2.28 bits per heavy atom. The second-order valence-corrected chi connectivity index (χ2v) is 8.91. The maximum absolute atomic E-state index is 13.0. The number of rotatable bonds is 7. The first kappa shape index (κ1) is 21.0. The highest BCUT2D eigenvalue weighted by molar-refractivity contribution is 7.89. The largest absolute Gasteiger partial charge is 0.351 e. The predicted octanol–water partition coefficient (Wildman–Crippen LogP) is 3.60. The summed E-state index contributed by atoms with van der Waals surface area (Å²) < 4.78 is 41.3. The fourth-order valence-corrected chi connectivity index (χ4v) is 4.34. The molecule has 0 aliphatic rings. The lowest BCUT2D eigenvalue weighted by Gasteiger charge is -2.22. The quantitative estimate of drug-likeness (QED) is 0.620. The molecule has 3 aromatic rings. The van der Waals surface area contributed by atoms with E-state index >= 15 is 0 Å². The number of hydrogen-bond donors (Lipinski definition) is 2. The van der Waals surface area contributed by atoms with Crippen LogP contribution in [0.1, 0.15) is 19.4 Å². The molecular formula is C22H23FN2O3S. The lowest BCUT2D eigenvalue weighted by Crippen LogP contribution is -2.49. The molecule has 1 amide bonds. The van der Waals surface area contributed by atoms with Crippen LogP contribution in [0.25, 0.3) is 10.8 Å². The lowest BCUT2D eigenvalue weighted by molar-refractivity contribution is -0.123. The molecule has 0 aromatic heterocycles. The summed E-state index contributed by atoms with van der Waals surface area (Å²) in [4.78, 5) is 12.7. The van der Waals surface area contributed by atoms with Gasteiger partial charge in [0.1, 0.15) is 11.9 Å². The van der Waals surface area contributed by atoms with Gasteiger partial charge in [-0.15, -0.1) is 0 Å². The van der Waals surface area contributed by atoms with Crippen LogP contribution in [0, 0.1) is 11.7 Å². The third-order valence-electron chi connectivity index (χ3n) is 4.64. The SMILES string of the molecule is CC(C)C(NS(=O)(=O)c1ccc2ccccc2c1)C(=O)NCc1ccc(F)cc1. The van der Waals surface area contributed by atoms with Gasteiger partial charge in [0.15, 0.2) is 0 Å². The van der Waals surface area contributed by atoms with Crippen molar-refractivity contribution in [2.75, 3.05) is 0 Å². The molecule has 3 aromatic carbocycles. The summed E-state index contributed by atoms with van der Waals surface area (Å²) in [5, 5.41) is 4.45. The number of carbonyl (C=O) groups is 1. The van der Waals surface area contributed by atoms with Gasteiger partial charge < -0.3 is 5.32 Å². The molecule has 0 saturated carbocycles. The number of benzene rings is 3. The molecule has 29 heavy (non-hydrogen) atoms. The Kier molecular flexibility index (Phi) is 6.30. The third-order valence-corrected chi connectivity index (χ3v) is 6.08. The van der Waals surface area contributed by atoms with Crippen LogP contribution in [0.5, 0.6) is 0 Å². The molecule has 2 N–H and O–H groups in total. The van der Waals surface area contributed by atoms with Crippen molar-refractivity contribution in [3.63, 3.8) is 0 Å². The summed E-state index contributed by atoms with van der Waals surface area (Å²) in [6.45, 7) is 3.72. The van der Waals surface area contributed by atoms with Gasteiger partial charge in [-0.1, -0.05) is 56.3 Å². The second-order valence-electron chi connectivity index (χ2n) is 7.20. The number of fused-ring (bicyclic) bond motifs is 1. The summed E-state index contributed by atoms with van der Waals surface area (Å²) in [5.74, 6) is -1.06. The number of nitrogens with one attached hydrogen (secondary N) is 2. The first-order valence-corrected chi connectivity index (χ1v) is 10.8. The summed E-state index contributed by atoms with van der Waals surface area (Å²) in [6.07, 6.45) is 0. The zero-order chi connectivity index (χ0) is 21.0. The molecule has 0 aliphatic heterocycles. The highest BCUT2D eigenvalue weighted by atomic mass is 32.2. The third kappa shape index (κ3) is 5.19. The Morgan fingerprint density at radius 1 is 0.966 bits per heavy atom. The Balaban J connectivity index is 1.75. The smallest absolute Gasteiger partial charge is 0.241 e. The fraction of sp³-hybridized carbons (Fsp3) is 0.227. The van der Waals surface area contributed by atoms with Crippen LogP contribution in [-0.2, 0) is 21.4 Å². The summed E-state index contributed by atoms with van der Waals surface area (Å²) in [6, 6.07) is 17.1. The van der Waals surface area contributed by atoms with E-state index in [0.29, 0.717) is 0 Å². The molecule has 0 saturated heterocycles. The monoisotopic (exact) mass is 414 g/mol. The molecular weight excluding hydrogens is 391 g/mol. The van der Waals surface area contributed by atoms with Gasteiger partial charge in [0.05, 0.1) is 4.90 Å². The van der Waals surface area contributed by atoms with E-state index in [-0.39, 0.29) is 23.2 Å². The minimum Gasteiger partial charge on any atom is -0.351 e. The zero-order valence-corrected chi connectivity index (χ0v) is 17.0. The van der Waals surface area contributed by atoms with E-state index in [2.05, 4.69) is 10.0 Å². The highest BCUT2D eigenvalue weighted by Gasteiger charge is 2.28. The molecule has 0 heterocycles. The van der Waals surface area contributed by atoms with Crippen molar-refractivity contribution >= 4 is 26.7 Å². The Morgan fingerprint density at radius 2 is 1.62 bits per heavy atom. The number of halogens is 1. The van der Waals surface area contributed by atoms with Gasteiger partial charge in [-0.2, -0.15) is 4.72 Å². The van der Waals surface area contributed by atoms with Gasteiger partial charge in [-0.3, -0.25) is 4.79 Å². The van der Waals surface area contributed by atoms with Crippen LogP contribution in [0.4, 0.5) is 4.39 Å². The average Bonchev–Trinajstić information content (AvgIpc) is 2.71. The van der Waals surface area contributed by atoms with Crippen LogP contribution >= 0.6 is 0 Å². The topological polar surface area (TPSA) is 75.3 Å². The van der Waals surface area contributed by atoms with Crippen molar-refractivity contribution in [1.82, 2.24) is 10.0 Å². The minimum absolute atomic E-state index is 0.105. The van der Waals surface area contributed by atoms with E-state index in [0.717, 1.165) is 16.3 Å². The van der Waals surface area contributed by atoms with Crippen molar-refractivity contribution in [2.45, 2.75) is 31.3 Å². The lowest BCUT2D eigenvalue weighted by atomic mass is 10.0. The summed E-state index contributed by atoms with van der Waals surface area (Å²) in [5.41, 5.74) is 0.722. The van der Waals surface area contributed by atoms with Gasteiger partial charge >= 0.3 is 0 Å². The van der Waals surface area contributed by atoms with Gasteiger partial charge in [0, 0.05) is 6.54 Å². The van der Waals surface area contributed by atoms with Gasteiger partial charge in [-0.25, -0.2) is 12.8 Å². The van der Waals surface area contributed by atoms with Gasteiger partial charge in [-0.05, 0) is 46.5 Å². The number of hydrogen-bond acceptors (Lipinski definition) is 3. The van der Waals surface area contributed by atoms with E-state index in [1.807, 2.05) is 24.3 Å². The van der Waals surface area contributed by atoms with E-state index in [4.69, 9.17) is 0 Å². The maximum Gasteiger partial charge on any atom is 0.241 e. The molecule has 0 bridgehead atoms. The first-order valence-electron chi connectivity index (χ1n) is 9.29. The Hall–Kier alpha value is -2.77. The van der Waals surface area contributed by atoms with Crippen LogP contribution in [0.3, 0.4) is 0 Å². The minimum atomic E-state index is -3.89. The Bertz CT molecular complexity index is 1110. The number of amides is 1. The van der Waals surface area contributed by atoms with Crippen molar-refractivity contribution in [2.24, 2.45) is 5.92 Å². The van der Waals surface area contributed by atoms with Crippen molar-refractivity contribution in [1.29, 1.82) is 0 Å². The van der Waals surface area contributed by atoms with Crippen LogP contribution < -0.4 is 10.0 Å². The molecule has 5 nitrogen and oxygen atoms in total. The number of sulfonamides is 1. The zero-order valence-electron chi connectivity index (χ0n) is 16.2. The first-order chi connectivity index (χ1) is 13.8. The number of carbonyl (C=O) groups excluding carboxylic acids is 1. The van der Waals surface area contributed by atoms with E-state index in [9.17, 15) is 17.6 Å². The average molecular weight is 415 g/mol. The van der Waals surface area contributed by atoms with Gasteiger partial charge in [0.25, 0.3) is 0 Å². The van der Waals surface area contributed by atoms with Crippen molar-refractivity contribution in [3.05, 3.63) is 78.1 Å². The second kappa shape index (κ2) is 8.71. The molecule has 0 radical (unpaired) electrons. The molecule has 152 valence electrons. The normalized spacial score (nSPS) is 12.8. The molecule has 1 atom stereocenters. The molecule has 7 heteroatoms. The molecule has 1 unspecified atom stereocenters. The maximum atomic E-state index is 13.0. The fourth-order valence-electron chi connectivity index (χ4n) is 2.96. The van der Waals surface area contributed by atoms with E-state index < -0.39 is 22.0 Å². The Labute approximate surface area is 170 Å². The highest BCUT2D eigenvalue weighted by Crippen LogP contribution is 2.20. The van der Waals surface area contributed by atoms with E-state index in [1.54, 1.807) is 38.1 Å². The summed E-state index contributed by atoms with van der Waals surface area (Å²) in [7, 11) is -3.89. The molecule has 0 aliphatic carbocycles. The van der Waals surface area contributed by atoms with E-state index in [1.165, 1.54) is 18.2 Å². The van der Waals surface area contributed by atoms with Crippen molar-refractivity contribution < 1.29 is 17.6 Å². The molecule has 0 fully saturated rings. The van der Waals surface area contributed by atoms with Crippen LogP contribution in [0.15, 0.2) is 71.6 Å². The molecule has 3 rings (SSSR count). The van der Waals surface area contributed by atoms with Crippen LogP contribution in [0.2, 0.25) is 0 Å². The molecule has 0 spiro atoms. The van der Waals surface area contributed by atoms with Gasteiger partial charge in [0.2, 0.25) is 15.9 Å². The summed E-state index contributed by atoms with van der Waals surface area (Å²) >= 11 is 0.